The summed E-state index contributed by atoms with van der Waals surface area (Å²) >= 11 is 3.77. The number of alkyl halides is 1. The number of nitrogens with one attached hydrogen (secondary N) is 1. The van der Waals surface area contributed by atoms with Crippen LogP contribution in [0.4, 0.5) is 0 Å². The molecule has 0 bridgehead atoms. The minimum atomic E-state index is -0.0605. The van der Waals surface area contributed by atoms with Gasteiger partial charge in [-0.1, -0.05) is 22.6 Å². The molecule has 1 aromatic rings. The van der Waals surface area contributed by atoms with Crippen molar-refractivity contribution in [1.82, 2.24) is 10.3 Å². The zero-order chi connectivity index (χ0) is 9.52. The molecule has 72 valence electrons. The maximum atomic E-state index is 11.3. The van der Waals surface area contributed by atoms with Gasteiger partial charge >= 0.3 is 0 Å². The van der Waals surface area contributed by atoms with E-state index in [1.165, 1.54) is 11.3 Å². The van der Waals surface area contributed by atoms with Crippen LogP contribution >= 0.6 is 33.9 Å². The van der Waals surface area contributed by atoms with Crippen LogP contribution in [-0.2, 0) is 0 Å². The minimum Gasteiger partial charge on any atom is -0.351 e. The zero-order valence-corrected chi connectivity index (χ0v) is 10.1. The number of unbranched alkanes of at least 4 members (excludes halogenated alkanes) is 1. The van der Waals surface area contributed by atoms with E-state index in [1.54, 1.807) is 10.9 Å². The third-order valence-corrected chi connectivity index (χ3v) is 2.86. The quantitative estimate of drug-likeness (QED) is 0.514. The highest BCUT2D eigenvalue weighted by atomic mass is 127. The van der Waals surface area contributed by atoms with Gasteiger partial charge < -0.3 is 5.32 Å². The molecule has 3 nitrogen and oxygen atoms in total. The summed E-state index contributed by atoms with van der Waals surface area (Å²) in [5, 5.41) is 4.58. The number of hydrogen-bond acceptors (Lipinski definition) is 3. The van der Waals surface area contributed by atoms with Crippen molar-refractivity contribution in [3.63, 3.8) is 0 Å². The lowest BCUT2D eigenvalue weighted by Crippen LogP contribution is -2.24. The first-order valence-electron chi connectivity index (χ1n) is 4.07. The van der Waals surface area contributed by atoms with Crippen molar-refractivity contribution in [2.75, 3.05) is 11.0 Å². The van der Waals surface area contributed by atoms with E-state index in [0.29, 0.717) is 5.69 Å². The molecule has 0 saturated carbocycles. The third kappa shape index (κ3) is 4.04. The summed E-state index contributed by atoms with van der Waals surface area (Å²) in [5.74, 6) is -0.0605. The lowest BCUT2D eigenvalue weighted by atomic mass is 10.3. The van der Waals surface area contributed by atoms with Gasteiger partial charge in [0.2, 0.25) is 0 Å². The molecule has 0 fully saturated rings. The van der Waals surface area contributed by atoms with Gasteiger partial charge in [0.05, 0.1) is 5.51 Å². The van der Waals surface area contributed by atoms with Crippen molar-refractivity contribution in [3.8, 4) is 0 Å². The molecule has 0 unspecified atom stereocenters. The minimum absolute atomic E-state index is 0.0605. The van der Waals surface area contributed by atoms with Gasteiger partial charge in [0.25, 0.3) is 5.91 Å². The van der Waals surface area contributed by atoms with Gasteiger partial charge in [-0.3, -0.25) is 4.79 Å². The highest BCUT2D eigenvalue weighted by Gasteiger charge is 2.05. The fourth-order valence-corrected chi connectivity index (χ4v) is 1.91. The van der Waals surface area contributed by atoms with Crippen molar-refractivity contribution in [1.29, 1.82) is 0 Å². The molecule has 0 saturated heterocycles. The standard InChI is InChI=1S/C8H11IN2OS/c9-3-1-2-4-10-8(12)7-5-13-6-11-7/h5-6H,1-4H2,(H,10,12). The molecule has 1 heterocycles. The summed E-state index contributed by atoms with van der Waals surface area (Å²) in [4.78, 5) is 15.2. The first kappa shape index (κ1) is 10.9. The Morgan fingerprint density at radius 2 is 2.46 bits per heavy atom. The van der Waals surface area contributed by atoms with Crippen molar-refractivity contribution < 1.29 is 4.79 Å². The third-order valence-electron chi connectivity index (χ3n) is 1.51. The van der Waals surface area contributed by atoms with Crippen LogP contribution in [0, 0.1) is 0 Å². The number of carbonyl (C=O) groups excluding carboxylic acids is 1. The Morgan fingerprint density at radius 3 is 3.08 bits per heavy atom. The molecule has 1 amide bonds. The maximum Gasteiger partial charge on any atom is 0.270 e. The number of nitrogens with zero attached hydrogens (tertiary/aromatic N) is 1. The number of rotatable bonds is 5. The van der Waals surface area contributed by atoms with E-state index < -0.39 is 0 Å². The largest absolute Gasteiger partial charge is 0.351 e. The number of thiazole rings is 1. The Kier molecular flexibility index (Phi) is 5.29. The topological polar surface area (TPSA) is 42.0 Å². The first-order valence-corrected chi connectivity index (χ1v) is 6.54. The molecule has 0 spiro atoms. The molecule has 0 aliphatic heterocycles. The number of carbonyl (C=O) groups is 1. The lowest BCUT2D eigenvalue weighted by Gasteiger charge is -2.00. The fourth-order valence-electron chi connectivity index (χ4n) is 0.837. The second kappa shape index (κ2) is 6.31. The molecule has 0 atom stereocenters. The molecule has 0 aliphatic carbocycles. The molecule has 0 aliphatic rings. The van der Waals surface area contributed by atoms with Gasteiger partial charge in [-0.2, -0.15) is 0 Å². The van der Waals surface area contributed by atoms with Gasteiger partial charge in [-0.15, -0.1) is 11.3 Å². The Hall–Kier alpha value is -0.170. The molecular formula is C8H11IN2OS. The van der Waals surface area contributed by atoms with Gasteiger partial charge in [0.15, 0.2) is 0 Å². The first-order chi connectivity index (χ1) is 6.34. The van der Waals surface area contributed by atoms with Crippen molar-refractivity contribution in [2.45, 2.75) is 12.8 Å². The summed E-state index contributed by atoms with van der Waals surface area (Å²) in [7, 11) is 0. The van der Waals surface area contributed by atoms with Gasteiger partial charge in [0, 0.05) is 11.9 Å². The van der Waals surface area contributed by atoms with Gasteiger partial charge in [0.1, 0.15) is 5.69 Å². The average Bonchev–Trinajstić information content (AvgIpc) is 2.65. The van der Waals surface area contributed by atoms with Crippen LogP contribution < -0.4 is 5.32 Å². The molecule has 0 aromatic carbocycles. The summed E-state index contributed by atoms with van der Waals surface area (Å²) in [6, 6.07) is 0. The maximum absolute atomic E-state index is 11.3. The van der Waals surface area contributed by atoms with E-state index in [1.807, 2.05) is 0 Å². The van der Waals surface area contributed by atoms with E-state index in [0.717, 1.165) is 23.8 Å². The van der Waals surface area contributed by atoms with Crippen molar-refractivity contribution in [3.05, 3.63) is 16.6 Å². The van der Waals surface area contributed by atoms with Crippen LogP contribution in [0.2, 0.25) is 0 Å². The number of aromatic nitrogens is 1. The van der Waals surface area contributed by atoms with Gasteiger partial charge in [-0.05, 0) is 17.3 Å². The Bertz CT molecular complexity index is 251. The van der Waals surface area contributed by atoms with Crippen LogP contribution in [0.5, 0.6) is 0 Å². The van der Waals surface area contributed by atoms with Crippen LogP contribution in [0.25, 0.3) is 0 Å². The fraction of sp³-hybridized carbons (Fsp3) is 0.500. The van der Waals surface area contributed by atoms with E-state index in [2.05, 4.69) is 32.9 Å². The molecule has 5 heteroatoms. The van der Waals surface area contributed by atoms with E-state index in [-0.39, 0.29) is 5.91 Å². The Morgan fingerprint density at radius 1 is 1.62 bits per heavy atom. The molecule has 1 rings (SSSR count). The summed E-state index contributed by atoms with van der Waals surface area (Å²) in [5.41, 5.74) is 2.19. The highest BCUT2D eigenvalue weighted by Crippen LogP contribution is 2.00. The summed E-state index contributed by atoms with van der Waals surface area (Å²) in [6.45, 7) is 0.749. The van der Waals surface area contributed by atoms with E-state index in [9.17, 15) is 4.79 Å². The molecule has 1 aromatic heterocycles. The zero-order valence-electron chi connectivity index (χ0n) is 7.12. The molecule has 1 N–H and O–H groups in total. The van der Waals surface area contributed by atoms with Crippen LogP contribution in [0.15, 0.2) is 10.9 Å². The predicted octanol–water partition coefficient (Wildman–Crippen LogP) is 2.09. The molecular weight excluding hydrogens is 299 g/mol. The molecule has 0 radical (unpaired) electrons. The lowest BCUT2D eigenvalue weighted by molar-refractivity contribution is 0.0949. The highest BCUT2D eigenvalue weighted by molar-refractivity contribution is 14.1. The smallest absolute Gasteiger partial charge is 0.270 e. The number of halogens is 1. The van der Waals surface area contributed by atoms with E-state index in [4.69, 9.17) is 0 Å². The van der Waals surface area contributed by atoms with Crippen LogP contribution in [0.1, 0.15) is 23.3 Å². The Balaban J connectivity index is 2.19. The summed E-state index contributed by atoms with van der Waals surface area (Å²) in [6.07, 6.45) is 2.19. The number of amides is 1. The monoisotopic (exact) mass is 310 g/mol. The second-order valence-electron chi connectivity index (χ2n) is 2.53. The summed E-state index contributed by atoms with van der Waals surface area (Å²) < 4.78 is 1.14. The Labute approximate surface area is 95.1 Å². The predicted molar refractivity (Wildman–Crippen MR) is 62.6 cm³/mol. The van der Waals surface area contributed by atoms with E-state index >= 15 is 0 Å². The van der Waals surface area contributed by atoms with Gasteiger partial charge in [-0.25, -0.2) is 4.98 Å². The average molecular weight is 310 g/mol. The SMILES string of the molecule is O=C(NCCCCI)c1cscn1. The van der Waals surface area contributed by atoms with Crippen LogP contribution in [0.3, 0.4) is 0 Å². The number of hydrogen-bond donors (Lipinski definition) is 1. The normalized spacial score (nSPS) is 9.92. The van der Waals surface area contributed by atoms with Crippen LogP contribution in [-0.4, -0.2) is 21.9 Å². The second-order valence-corrected chi connectivity index (χ2v) is 4.32. The molecule has 13 heavy (non-hydrogen) atoms. The van der Waals surface area contributed by atoms with Crippen molar-refractivity contribution >= 4 is 39.8 Å². The van der Waals surface area contributed by atoms with Crippen molar-refractivity contribution in [2.24, 2.45) is 0 Å².